The van der Waals surface area contributed by atoms with Gasteiger partial charge >= 0.3 is 0 Å². The van der Waals surface area contributed by atoms with Crippen molar-refractivity contribution in [2.24, 2.45) is 0 Å². The highest BCUT2D eigenvalue weighted by Crippen LogP contribution is 2.15. The average molecular weight is 244 g/mol. The Balaban J connectivity index is 2.72. The molecule has 16 heavy (non-hydrogen) atoms. The quantitative estimate of drug-likeness (QED) is 0.790. The smallest absolute Gasteiger partial charge is 0.224 e. The highest BCUT2D eigenvalue weighted by Gasteiger charge is 2.30. The summed E-state index contributed by atoms with van der Waals surface area (Å²) in [5.41, 5.74) is 5.47. The van der Waals surface area contributed by atoms with Crippen LogP contribution in [0.1, 0.15) is 13.8 Å². The van der Waals surface area contributed by atoms with Crippen molar-refractivity contribution < 1.29 is 8.42 Å². The number of nitrogen functional groups attached to an aromatic ring is 1. The van der Waals surface area contributed by atoms with E-state index in [0.717, 1.165) is 0 Å². The Kier molecular flexibility index (Phi) is 3.37. The van der Waals surface area contributed by atoms with Crippen molar-refractivity contribution in [2.75, 3.05) is 23.9 Å². The molecule has 0 aliphatic heterocycles. The molecule has 0 atom stereocenters. The van der Waals surface area contributed by atoms with E-state index in [4.69, 9.17) is 5.73 Å². The lowest BCUT2D eigenvalue weighted by Crippen LogP contribution is -2.38. The van der Waals surface area contributed by atoms with Crippen molar-refractivity contribution in [3.8, 4) is 0 Å². The summed E-state index contributed by atoms with van der Waals surface area (Å²) in [6, 6.07) is 1.56. The van der Waals surface area contributed by atoms with Crippen LogP contribution in [-0.2, 0) is 9.84 Å². The van der Waals surface area contributed by atoms with Gasteiger partial charge in [-0.05, 0) is 19.9 Å². The third-order valence-electron chi connectivity index (χ3n) is 2.35. The molecule has 0 saturated carbocycles. The molecule has 0 saturated heterocycles. The maximum atomic E-state index is 11.4. The van der Waals surface area contributed by atoms with E-state index in [1.807, 2.05) is 0 Å². The van der Waals surface area contributed by atoms with Gasteiger partial charge in [-0.15, -0.1) is 0 Å². The number of anilines is 2. The van der Waals surface area contributed by atoms with Gasteiger partial charge in [-0.25, -0.2) is 13.4 Å². The van der Waals surface area contributed by atoms with Crippen LogP contribution in [-0.4, -0.2) is 35.9 Å². The zero-order valence-corrected chi connectivity index (χ0v) is 10.4. The largest absolute Gasteiger partial charge is 0.384 e. The van der Waals surface area contributed by atoms with E-state index in [-0.39, 0.29) is 6.54 Å². The Bertz CT molecular complexity index is 470. The monoisotopic (exact) mass is 244 g/mol. The van der Waals surface area contributed by atoms with Gasteiger partial charge in [0.1, 0.15) is 5.82 Å². The summed E-state index contributed by atoms with van der Waals surface area (Å²) in [7, 11) is -3.13. The first-order valence-corrected chi connectivity index (χ1v) is 6.63. The lowest BCUT2D eigenvalue weighted by molar-refractivity contribution is 0.559. The predicted molar refractivity (Wildman–Crippen MR) is 63.9 cm³/mol. The van der Waals surface area contributed by atoms with Gasteiger partial charge in [-0.1, -0.05) is 0 Å². The van der Waals surface area contributed by atoms with Gasteiger partial charge < -0.3 is 11.1 Å². The normalized spacial score (nSPS) is 12.4. The number of sulfone groups is 1. The number of aromatic nitrogens is 2. The van der Waals surface area contributed by atoms with E-state index in [9.17, 15) is 8.42 Å². The summed E-state index contributed by atoms with van der Waals surface area (Å²) in [4.78, 5) is 7.85. The third-order valence-corrected chi connectivity index (χ3v) is 4.50. The fourth-order valence-corrected chi connectivity index (χ4v) is 1.22. The molecule has 0 amide bonds. The molecule has 0 unspecified atom stereocenters. The van der Waals surface area contributed by atoms with Crippen LogP contribution in [0, 0.1) is 0 Å². The Morgan fingerprint density at radius 3 is 2.62 bits per heavy atom. The van der Waals surface area contributed by atoms with E-state index in [0.29, 0.717) is 11.8 Å². The van der Waals surface area contributed by atoms with E-state index in [1.165, 1.54) is 12.5 Å². The number of nitrogens with two attached hydrogens (primary N) is 1. The molecule has 1 heterocycles. The second-order valence-electron chi connectivity index (χ2n) is 4.19. The van der Waals surface area contributed by atoms with Crippen molar-refractivity contribution in [1.82, 2.24) is 9.97 Å². The van der Waals surface area contributed by atoms with Crippen molar-refractivity contribution >= 4 is 21.6 Å². The topological polar surface area (TPSA) is 98.0 Å². The highest BCUT2D eigenvalue weighted by molar-refractivity contribution is 7.92. The van der Waals surface area contributed by atoms with Crippen LogP contribution in [0.3, 0.4) is 0 Å². The lowest BCUT2D eigenvalue weighted by atomic mass is 10.2. The van der Waals surface area contributed by atoms with Gasteiger partial charge in [0, 0.05) is 19.0 Å². The predicted octanol–water partition coefficient (Wildman–Crippen LogP) is 0.294. The minimum atomic E-state index is -3.13. The molecular weight excluding hydrogens is 228 g/mol. The molecule has 0 spiro atoms. The molecule has 6 nitrogen and oxygen atoms in total. The summed E-state index contributed by atoms with van der Waals surface area (Å²) in [6.45, 7) is 3.51. The van der Waals surface area contributed by atoms with E-state index >= 15 is 0 Å². The zero-order chi connectivity index (χ0) is 12.4. The van der Waals surface area contributed by atoms with Crippen LogP contribution < -0.4 is 11.1 Å². The maximum absolute atomic E-state index is 11.4. The molecule has 0 radical (unpaired) electrons. The number of nitrogens with zero attached hydrogens (tertiary/aromatic N) is 2. The molecule has 1 aromatic heterocycles. The van der Waals surface area contributed by atoms with Gasteiger partial charge in [0.2, 0.25) is 5.95 Å². The van der Waals surface area contributed by atoms with Crippen LogP contribution in [0.2, 0.25) is 0 Å². The number of hydrogen-bond donors (Lipinski definition) is 2. The van der Waals surface area contributed by atoms with Gasteiger partial charge in [0.05, 0.1) is 4.75 Å². The molecule has 3 N–H and O–H groups in total. The summed E-state index contributed by atoms with van der Waals surface area (Å²) in [6.07, 6.45) is 2.72. The van der Waals surface area contributed by atoms with Crippen LogP contribution in [0.15, 0.2) is 12.3 Å². The third kappa shape index (κ3) is 3.06. The minimum absolute atomic E-state index is 0.231. The Morgan fingerprint density at radius 1 is 1.50 bits per heavy atom. The first-order valence-electron chi connectivity index (χ1n) is 4.74. The molecule has 0 bridgehead atoms. The first kappa shape index (κ1) is 12.7. The second-order valence-corrected chi connectivity index (χ2v) is 6.84. The molecule has 0 aliphatic rings. The van der Waals surface area contributed by atoms with E-state index in [1.54, 1.807) is 19.9 Å². The molecular formula is C9H16N4O2S. The van der Waals surface area contributed by atoms with Gasteiger partial charge in [-0.2, -0.15) is 4.98 Å². The fourth-order valence-electron chi connectivity index (χ4n) is 0.881. The maximum Gasteiger partial charge on any atom is 0.224 e. The summed E-state index contributed by atoms with van der Waals surface area (Å²) < 4.78 is 22.0. The first-order chi connectivity index (χ1) is 7.22. The summed E-state index contributed by atoms with van der Waals surface area (Å²) in [5, 5.41) is 2.85. The molecule has 0 aliphatic carbocycles. The number of nitrogens with one attached hydrogen (secondary N) is 1. The molecule has 0 fully saturated rings. The minimum Gasteiger partial charge on any atom is -0.384 e. The fraction of sp³-hybridized carbons (Fsp3) is 0.556. The summed E-state index contributed by atoms with van der Waals surface area (Å²) in [5.74, 6) is 0.673. The Morgan fingerprint density at radius 2 is 2.12 bits per heavy atom. The highest BCUT2D eigenvalue weighted by atomic mass is 32.2. The van der Waals surface area contributed by atoms with E-state index < -0.39 is 14.6 Å². The summed E-state index contributed by atoms with van der Waals surface area (Å²) >= 11 is 0. The molecule has 0 aromatic carbocycles. The number of rotatable bonds is 4. The van der Waals surface area contributed by atoms with Gasteiger partial charge in [0.25, 0.3) is 0 Å². The number of hydrogen-bond acceptors (Lipinski definition) is 6. The zero-order valence-electron chi connectivity index (χ0n) is 9.56. The van der Waals surface area contributed by atoms with E-state index in [2.05, 4.69) is 15.3 Å². The Hall–Kier alpha value is -1.37. The molecule has 90 valence electrons. The van der Waals surface area contributed by atoms with Crippen molar-refractivity contribution in [3.05, 3.63) is 12.3 Å². The average Bonchev–Trinajstić information content (AvgIpc) is 2.13. The molecule has 7 heteroatoms. The Labute approximate surface area is 95.2 Å². The van der Waals surface area contributed by atoms with Gasteiger partial charge in [0.15, 0.2) is 9.84 Å². The van der Waals surface area contributed by atoms with Crippen LogP contribution in [0.5, 0.6) is 0 Å². The van der Waals surface area contributed by atoms with Crippen molar-refractivity contribution in [3.63, 3.8) is 0 Å². The lowest BCUT2D eigenvalue weighted by Gasteiger charge is -2.22. The van der Waals surface area contributed by atoms with Crippen LogP contribution in [0.25, 0.3) is 0 Å². The SMILES string of the molecule is CC(C)(CNc1nccc(N)n1)S(C)(=O)=O. The van der Waals surface area contributed by atoms with Crippen LogP contribution in [0.4, 0.5) is 11.8 Å². The van der Waals surface area contributed by atoms with Gasteiger partial charge in [-0.3, -0.25) is 0 Å². The molecule has 1 rings (SSSR count). The molecule has 1 aromatic rings. The van der Waals surface area contributed by atoms with Crippen molar-refractivity contribution in [1.29, 1.82) is 0 Å². The van der Waals surface area contributed by atoms with Crippen molar-refractivity contribution in [2.45, 2.75) is 18.6 Å². The standard InChI is InChI=1S/C9H16N4O2S/c1-9(2,16(3,14)15)6-12-8-11-5-4-7(10)13-8/h4-5H,6H2,1-3H3,(H3,10,11,12,13). The second kappa shape index (κ2) is 4.25. The van der Waals surface area contributed by atoms with Crippen LogP contribution >= 0.6 is 0 Å².